The second-order valence-electron chi connectivity index (χ2n) is 5.93. The number of hydrogen-bond donors (Lipinski definition) is 1. The zero-order chi connectivity index (χ0) is 15.0. The molecule has 1 N–H and O–H groups in total. The first-order chi connectivity index (χ1) is 10.1. The third-order valence-corrected chi connectivity index (χ3v) is 4.97. The van der Waals surface area contributed by atoms with E-state index in [1.54, 1.807) is 0 Å². The van der Waals surface area contributed by atoms with Gasteiger partial charge < -0.3 is 10.2 Å². The van der Waals surface area contributed by atoms with Crippen molar-refractivity contribution in [1.82, 2.24) is 10.2 Å². The fourth-order valence-electron chi connectivity index (χ4n) is 2.88. The van der Waals surface area contributed by atoms with E-state index in [1.807, 2.05) is 36.1 Å². The van der Waals surface area contributed by atoms with Crippen molar-refractivity contribution < 1.29 is 9.59 Å². The van der Waals surface area contributed by atoms with E-state index in [1.165, 1.54) is 0 Å². The number of halogens is 1. The highest BCUT2D eigenvalue weighted by Crippen LogP contribution is 2.33. The number of amides is 2. The molecule has 4 nitrogen and oxygen atoms in total. The normalized spacial score (nSPS) is 23.2. The van der Waals surface area contributed by atoms with Crippen molar-refractivity contribution in [3.63, 3.8) is 0 Å². The number of rotatable bonds is 4. The zero-order valence-electron chi connectivity index (χ0n) is 12.0. The van der Waals surface area contributed by atoms with E-state index in [0.29, 0.717) is 19.0 Å². The quantitative estimate of drug-likeness (QED) is 0.907. The van der Waals surface area contributed by atoms with Crippen LogP contribution in [0.4, 0.5) is 0 Å². The summed E-state index contributed by atoms with van der Waals surface area (Å²) in [6, 6.07) is 8.19. The van der Waals surface area contributed by atoms with Gasteiger partial charge in [-0.05, 0) is 31.4 Å². The molecule has 0 radical (unpaired) electrons. The maximum absolute atomic E-state index is 12.4. The molecule has 112 valence electrons. The molecule has 3 rings (SSSR count). The highest BCUT2D eigenvalue weighted by atomic mass is 79.9. The molecule has 0 bridgehead atoms. The molecule has 1 aromatic carbocycles. The monoisotopic (exact) mass is 350 g/mol. The molecule has 2 aliphatic rings. The lowest BCUT2D eigenvalue weighted by Crippen LogP contribution is -2.35. The van der Waals surface area contributed by atoms with Crippen molar-refractivity contribution in [2.75, 3.05) is 6.54 Å². The van der Waals surface area contributed by atoms with Crippen molar-refractivity contribution in [3.05, 3.63) is 34.3 Å². The highest BCUT2D eigenvalue weighted by Gasteiger charge is 2.41. The number of nitrogens with zero attached hydrogens (tertiary/aromatic N) is 1. The molecule has 1 aromatic rings. The topological polar surface area (TPSA) is 49.4 Å². The summed E-state index contributed by atoms with van der Waals surface area (Å²) in [5.74, 6) is -0.0935. The molecular weight excluding hydrogens is 332 g/mol. The van der Waals surface area contributed by atoms with Crippen LogP contribution in [-0.2, 0) is 9.59 Å². The van der Waals surface area contributed by atoms with Crippen LogP contribution in [0.2, 0.25) is 0 Å². The van der Waals surface area contributed by atoms with Gasteiger partial charge in [-0.2, -0.15) is 0 Å². The second kappa shape index (κ2) is 5.79. The predicted octanol–water partition coefficient (Wildman–Crippen LogP) is 2.64. The zero-order valence-corrected chi connectivity index (χ0v) is 13.6. The first-order valence-electron chi connectivity index (χ1n) is 7.40. The molecule has 0 spiro atoms. The first-order valence-corrected chi connectivity index (χ1v) is 8.20. The Kier molecular flexibility index (Phi) is 4.02. The summed E-state index contributed by atoms with van der Waals surface area (Å²) in [5, 5.41) is 3.03. The minimum atomic E-state index is -0.206. The van der Waals surface area contributed by atoms with E-state index in [-0.39, 0.29) is 23.8 Å². The van der Waals surface area contributed by atoms with E-state index in [2.05, 4.69) is 21.2 Å². The summed E-state index contributed by atoms with van der Waals surface area (Å²) in [4.78, 5) is 26.2. The molecule has 2 fully saturated rings. The Morgan fingerprint density at radius 2 is 2.10 bits per heavy atom. The van der Waals surface area contributed by atoms with Crippen LogP contribution in [0, 0.1) is 5.92 Å². The average molecular weight is 351 g/mol. The second-order valence-corrected chi connectivity index (χ2v) is 6.78. The molecular formula is C16H19BrN2O2. The van der Waals surface area contributed by atoms with Crippen molar-refractivity contribution >= 4 is 27.7 Å². The van der Waals surface area contributed by atoms with Gasteiger partial charge >= 0.3 is 0 Å². The molecule has 21 heavy (non-hydrogen) atoms. The van der Waals surface area contributed by atoms with Crippen molar-refractivity contribution in [2.45, 2.75) is 38.3 Å². The van der Waals surface area contributed by atoms with E-state index < -0.39 is 0 Å². The molecule has 0 aromatic heterocycles. The summed E-state index contributed by atoms with van der Waals surface area (Å²) in [7, 11) is 0. The Balaban J connectivity index is 1.61. The van der Waals surface area contributed by atoms with Crippen LogP contribution in [0.25, 0.3) is 0 Å². The van der Waals surface area contributed by atoms with Gasteiger partial charge in [0.15, 0.2) is 0 Å². The largest absolute Gasteiger partial charge is 0.349 e. The van der Waals surface area contributed by atoms with Gasteiger partial charge in [0, 0.05) is 23.5 Å². The number of carbonyl (C=O) groups excluding carboxylic acids is 2. The van der Waals surface area contributed by atoms with Crippen molar-refractivity contribution in [2.24, 2.45) is 5.92 Å². The van der Waals surface area contributed by atoms with Gasteiger partial charge in [-0.1, -0.05) is 34.1 Å². The van der Waals surface area contributed by atoms with Crippen LogP contribution in [-0.4, -0.2) is 29.3 Å². The molecule has 1 aliphatic carbocycles. The number of nitrogens with one attached hydrogen (secondary N) is 1. The predicted molar refractivity (Wildman–Crippen MR) is 83.5 cm³/mol. The molecule has 2 unspecified atom stereocenters. The summed E-state index contributed by atoms with van der Waals surface area (Å²) in [6.07, 6.45) is 2.53. The van der Waals surface area contributed by atoms with Gasteiger partial charge in [0.2, 0.25) is 11.8 Å². The van der Waals surface area contributed by atoms with Crippen LogP contribution >= 0.6 is 15.9 Å². The molecule has 5 heteroatoms. The third-order valence-electron chi connectivity index (χ3n) is 4.25. The van der Waals surface area contributed by atoms with E-state index in [9.17, 15) is 9.59 Å². The van der Waals surface area contributed by atoms with E-state index >= 15 is 0 Å². The number of hydrogen-bond acceptors (Lipinski definition) is 2. The smallest absolute Gasteiger partial charge is 0.225 e. The van der Waals surface area contributed by atoms with Gasteiger partial charge in [-0.15, -0.1) is 0 Å². The number of carbonyl (C=O) groups is 2. The Morgan fingerprint density at radius 1 is 1.38 bits per heavy atom. The lowest BCUT2D eigenvalue weighted by Gasteiger charge is -2.19. The highest BCUT2D eigenvalue weighted by molar-refractivity contribution is 9.10. The molecule has 2 amide bonds. The van der Waals surface area contributed by atoms with Crippen LogP contribution in [0.15, 0.2) is 28.7 Å². The molecule has 1 aliphatic heterocycles. The fraction of sp³-hybridized carbons (Fsp3) is 0.500. The van der Waals surface area contributed by atoms with Crippen LogP contribution < -0.4 is 5.32 Å². The minimum Gasteiger partial charge on any atom is -0.349 e. The average Bonchev–Trinajstić information content (AvgIpc) is 3.22. The SMILES string of the molecule is CC(NC(=O)C1CC(=O)N(C2CC2)C1)c1ccccc1Br. The van der Waals surface area contributed by atoms with Gasteiger partial charge in [0.1, 0.15) is 0 Å². The molecule has 2 atom stereocenters. The minimum absolute atomic E-state index is 0.0187. The molecule has 1 saturated heterocycles. The van der Waals surface area contributed by atoms with E-state index in [0.717, 1.165) is 22.9 Å². The Labute approximate surface area is 133 Å². The van der Waals surface area contributed by atoms with Gasteiger partial charge in [-0.25, -0.2) is 0 Å². The third kappa shape index (κ3) is 3.12. The Morgan fingerprint density at radius 3 is 2.76 bits per heavy atom. The lowest BCUT2D eigenvalue weighted by molar-refractivity contribution is -0.129. The standard InChI is InChI=1S/C16H19BrN2O2/c1-10(13-4-2-3-5-14(13)17)18-16(21)11-8-15(20)19(9-11)12-6-7-12/h2-5,10-12H,6-9H2,1H3,(H,18,21). The first kappa shape index (κ1) is 14.6. The van der Waals surface area contributed by atoms with Crippen LogP contribution in [0.1, 0.15) is 37.8 Å². The van der Waals surface area contributed by atoms with Gasteiger partial charge in [0.05, 0.1) is 12.0 Å². The van der Waals surface area contributed by atoms with Gasteiger partial charge in [-0.3, -0.25) is 9.59 Å². The summed E-state index contributed by atoms with van der Waals surface area (Å²) in [6.45, 7) is 2.55. The molecule has 1 saturated carbocycles. The Hall–Kier alpha value is -1.36. The van der Waals surface area contributed by atoms with E-state index in [4.69, 9.17) is 0 Å². The van der Waals surface area contributed by atoms with Crippen molar-refractivity contribution in [3.8, 4) is 0 Å². The number of likely N-dealkylation sites (tertiary alicyclic amines) is 1. The molecule has 1 heterocycles. The maximum atomic E-state index is 12.4. The summed E-state index contributed by atoms with van der Waals surface area (Å²) < 4.78 is 0.986. The fourth-order valence-corrected chi connectivity index (χ4v) is 3.51. The summed E-state index contributed by atoms with van der Waals surface area (Å²) >= 11 is 3.50. The maximum Gasteiger partial charge on any atom is 0.225 e. The number of benzene rings is 1. The van der Waals surface area contributed by atoms with Crippen molar-refractivity contribution in [1.29, 1.82) is 0 Å². The Bertz CT molecular complexity index is 571. The summed E-state index contributed by atoms with van der Waals surface area (Å²) in [5.41, 5.74) is 1.05. The lowest BCUT2D eigenvalue weighted by atomic mass is 10.1. The van der Waals surface area contributed by atoms with Crippen LogP contribution in [0.3, 0.4) is 0 Å². The van der Waals surface area contributed by atoms with Crippen LogP contribution in [0.5, 0.6) is 0 Å². The van der Waals surface area contributed by atoms with Gasteiger partial charge in [0.25, 0.3) is 0 Å².